The zero-order valence-electron chi connectivity index (χ0n) is 11.8. The van der Waals surface area contributed by atoms with Crippen molar-refractivity contribution in [1.82, 2.24) is 10.2 Å². The average Bonchev–Trinajstić information content (AvgIpc) is 2.68. The van der Waals surface area contributed by atoms with E-state index >= 15 is 0 Å². The van der Waals surface area contributed by atoms with Crippen molar-refractivity contribution in [3.8, 4) is 0 Å². The van der Waals surface area contributed by atoms with Crippen LogP contribution in [0.3, 0.4) is 0 Å². The van der Waals surface area contributed by atoms with E-state index in [1.807, 2.05) is 0 Å². The second kappa shape index (κ2) is 6.34. The third kappa shape index (κ3) is 3.15. The Kier molecular flexibility index (Phi) is 4.87. The van der Waals surface area contributed by atoms with E-state index in [1.54, 1.807) is 13.8 Å². The van der Waals surface area contributed by atoms with Crippen LogP contribution in [0.1, 0.15) is 30.6 Å². The number of nitrogens with zero attached hydrogens (tertiary/aromatic N) is 1. The van der Waals surface area contributed by atoms with Gasteiger partial charge in [-0.25, -0.2) is 4.39 Å². The topological polar surface area (TPSA) is 66.5 Å². The number of benzene rings is 1. The summed E-state index contributed by atoms with van der Waals surface area (Å²) in [7, 11) is 0. The highest BCUT2D eigenvalue weighted by atomic mass is 79.9. The van der Waals surface area contributed by atoms with Crippen molar-refractivity contribution in [1.29, 1.82) is 0 Å². The number of amides is 3. The molecule has 1 aliphatic heterocycles. The van der Waals surface area contributed by atoms with Gasteiger partial charge in [-0.1, -0.05) is 11.6 Å². The smallest absolute Gasteiger partial charge is 0.255 e. The van der Waals surface area contributed by atoms with Gasteiger partial charge in [-0.05, 0) is 41.9 Å². The van der Waals surface area contributed by atoms with E-state index in [-0.39, 0.29) is 33.4 Å². The zero-order valence-corrected chi connectivity index (χ0v) is 14.2. The molecule has 1 N–H and O–H groups in total. The highest BCUT2D eigenvalue weighted by Gasteiger charge is 2.41. The first-order valence-electron chi connectivity index (χ1n) is 6.53. The molecule has 1 fully saturated rings. The number of rotatable bonds is 3. The molecule has 0 bridgehead atoms. The number of likely N-dealkylation sites (tertiary alicyclic amines) is 1. The fourth-order valence-electron chi connectivity index (χ4n) is 2.26. The van der Waals surface area contributed by atoms with E-state index in [4.69, 9.17) is 11.6 Å². The van der Waals surface area contributed by atoms with Crippen molar-refractivity contribution in [3.63, 3.8) is 0 Å². The van der Waals surface area contributed by atoms with Crippen molar-refractivity contribution in [2.75, 3.05) is 0 Å². The van der Waals surface area contributed by atoms with Crippen molar-refractivity contribution in [3.05, 3.63) is 33.0 Å². The summed E-state index contributed by atoms with van der Waals surface area (Å²) >= 11 is 8.75. The van der Waals surface area contributed by atoms with Crippen LogP contribution in [0.4, 0.5) is 4.39 Å². The van der Waals surface area contributed by atoms with Gasteiger partial charge in [0.1, 0.15) is 11.9 Å². The minimum absolute atomic E-state index is 0.0442. The molecule has 0 aromatic heterocycles. The molecule has 3 amide bonds. The minimum atomic E-state index is -0.987. The van der Waals surface area contributed by atoms with Crippen LogP contribution in [-0.2, 0) is 9.59 Å². The monoisotopic (exact) mass is 390 g/mol. The molecule has 1 aromatic carbocycles. The molecule has 1 aromatic rings. The van der Waals surface area contributed by atoms with Crippen LogP contribution in [-0.4, -0.2) is 34.7 Å². The Bertz CT molecular complexity index is 666. The summed E-state index contributed by atoms with van der Waals surface area (Å²) in [6.07, 6.45) is -0.133. The van der Waals surface area contributed by atoms with Gasteiger partial charge in [0.25, 0.3) is 11.8 Å². The van der Waals surface area contributed by atoms with Crippen LogP contribution in [0.15, 0.2) is 16.6 Å². The molecule has 0 saturated carbocycles. The molecule has 0 aliphatic carbocycles. The Balaban J connectivity index is 2.20. The lowest BCUT2D eigenvalue weighted by molar-refractivity contribution is -0.140. The van der Waals surface area contributed by atoms with Crippen molar-refractivity contribution < 1.29 is 18.8 Å². The van der Waals surface area contributed by atoms with Gasteiger partial charge in [0.15, 0.2) is 0 Å². The fraction of sp³-hybridized carbons (Fsp3) is 0.357. The maximum absolute atomic E-state index is 14.0. The van der Waals surface area contributed by atoms with Crippen molar-refractivity contribution in [2.45, 2.75) is 32.4 Å². The lowest BCUT2D eigenvalue weighted by Crippen LogP contribution is -2.44. The Morgan fingerprint density at radius 2 is 2.09 bits per heavy atom. The third-order valence-corrected chi connectivity index (χ3v) is 4.04. The van der Waals surface area contributed by atoms with E-state index in [0.29, 0.717) is 0 Å². The van der Waals surface area contributed by atoms with Gasteiger partial charge in [0.05, 0.1) is 16.5 Å². The highest BCUT2D eigenvalue weighted by Crippen LogP contribution is 2.25. The van der Waals surface area contributed by atoms with Gasteiger partial charge < -0.3 is 5.32 Å². The van der Waals surface area contributed by atoms with E-state index in [0.717, 1.165) is 4.90 Å². The molecule has 1 atom stereocenters. The van der Waals surface area contributed by atoms with Crippen LogP contribution in [0, 0.1) is 5.82 Å². The molecule has 8 heteroatoms. The number of halogens is 3. The predicted octanol–water partition coefficient (Wildman–Crippen LogP) is 2.51. The van der Waals surface area contributed by atoms with Crippen LogP contribution in [0.5, 0.6) is 0 Å². The molecule has 5 nitrogen and oxygen atoms in total. The lowest BCUT2D eigenvalue weighted by Gasteiger charge is -2.19. The second-order valence-corrected chi connectivity index (χ2v) is 6.47. The lowest BCUT2D eigenvalue weighted by atomic mass is 10.1. The van der Waals surface area contributed by atoms with Gasteiger partial charge in [-0.3, -0.25) is 19.3 Å². The first kappa shape index (κ1) is 16.9. The molecule has 1 saturated heterocycles. The largest absolute Gasteiger partial charge is 0.340 e. The Labute approximate surface area is 139 Å². The van der Waals surface area contributed by atoms with Gasteiger partial charge in [-0.2, -0.15) is 0 Å². The van der Waals surface area contributed by atoms with E-state index in [1.165, 1.54) is 12.1 Å². The van der Waals surface area contributed by atoms with Gasteiger partial charge in [-0.15, -0.1) is 0 Å². The number of imide groups is 1. The van der Waals surface area contributed by atoms with E-state index in [9.17, 15) is 18.8 Å². The standard InChI is InChI=1S/C14H13BrClFN2O3/c1-6(2)19-11(20)5-10(14(19)22)18-13(21)8-3-7(16)4-9(15)12(8)17/h3-4,6,10H,5H2,1-2H3,(H,18,21). The van der Waals surface area contributed by atoms with E-state index < -0.39 is 23.7 Å². The molecule has 22 heavy (non-hydrogen) atoms. The number of hydrogen-bond acceptors (Lipinski definition) is 3. The molecule has 1 unspecified atom stereocenters. The van der Waals surface area contributed by atoms with Crippen molar-refractivity contribution in [2.24, 2.45) is 0 Å². The second-order valence-electron chi connectivity index (χ2n) is 5.18. The van der Waals surface area contributed by atoms with Gasteiger partial charge in [0, 0.05) is 11.1 Å². The fourth-order valence-corrected chi connectivity index (χ4v) is 3.07. The number of carbonyl (C=O) groups excluding carboxylic acids is 3. The summed E-state index contributed by atoms with van der Waals surface area (Å²) in [6, 6.07) is 1.20. The summed E-state index contributed by atoms with van der Waals surface area (Å²) in [5, 5.41) is 2.56. The number of carbonyl (C=O) groups is 3. The molecule has 1 aliphatic rings. The molecular weight excluding hydrogens is 379 g/mol. The Morgan fingerprint density at radius 1 is 1.45 bits per heavy atom. The minimum Gasteiger partial charge on any atom is -0.340 e. The van der Waals surface area contributed by atoms with E-state index in [2.05, 4.69) is 21.2 Å². The van der Waals surface area contributed by atoms with Crippen LogP contribution in [0.2, 0.25) is 5.02 Å². The highest BCUT2D eigenvalue weighted by molar-refractivity contribution is 9.10. The summed E-state index contributed by atoms with van der Waals surface area (Å²) < 4.78 is 14.0. The average molecular weight is 392 g/mol. The Hall–Kier alpha value is -1.47. The predicted molar refractivity (Wildman–Crippen MR) is 82.0 cm³/mol. The summed E-state index contributed by atoms with van der Waals surface area (Å²) in [4.78, 5) is 37.1. The molecular formula is C14H13BrClFN2O3. The van der Waals surface area contributed by atoms with Crippen LogP contribution in [0.25, 0.3) is 0 Å². The normalized spacial score (nSPS) is 18.3. The van der Waals surface area contributed by atoms with Crippen LogP contribution >= 0.6 is 27.5 Å². The SMILES string of the molecule is CC(C)N1C(=O)CC(NC(=O)c2cc(Cl)cc(Br)c2F)C1=O. The third-order valence-electron chi connectivity index (χ3n) is 3.24. The molecule has 0 spiro atoms. The van der Waals surface area contributed by atoms with Gasteiger partial charge >= 0.3 is 0 Å². The summed E-state index contributed by atoms with van der Waals surface area (Å²) in [5.74, 6) is -2.43. The van der Waals surface area contributed by atoms with Crippen molar-refractivity contribution >= 4 is 45.3 Å². The number of hydrogen-bond donors (Lipinski definition) is 1. The number of nitrogens with one attached hydrogen (secondary N) is 1. The molecule has 1 heterocycles. The molecule has 0 radical (unpaired) electrons. The van der Waals surface area contributed by atoms with Gasteiger partial charge in [0.2, 0.25) is 5.91 Å². The Morgan fingerprint density at radius 3 is 2.64 bits per heavy atom. The summed E-state index contributed by atoms with van der Waals surface area (Å²) in [5.41, 5.74) is -0.289. The maximum Gasteiger partial charge on any atom is 0.255 e. The maximum atomic E-state index is 14.0. The van der Waals surface area contributed by atoms with Crippen LogP contribution < -0.4 is 5.32 Å². The summed E-state index contributed by atoms with van der Waals surface area (Å²) in [6.45, 7) is 3.40. The zero-order chi connectivity index (χ0) is 16.6. The molecule has 2 rings (SSSR count). The first-order chi connectivity index (χ1) is 10.2. The molecule has 118 valence electrons. The quantitative estimate of drug-likeness (QED) is 0.636. The first-order valence-corrected chi connectivity index (χ1v) is 7.70.